The van der Waals surface area contributed by atoms with Crippen molar-refractivity contribution >= 4 is 22.6 Å². The molecule has 0 heterocycles. The highest BCUT2D eigenvalue weighted by Crippen LogP contribution is 2.64. The van der Waals surface area contributed by atoms with Crippen LogP contribution in [0.2, 0.25) is 0 Å². The van der Waals surface area contributed by atoms with E-state index in [9.17, 15) is 51.0 Å². The zero-order valence-electron chi connectivity index (χ0n) is 47.0. The maximum absolute atomic E-state index is 12.2. The summed E-state index contributed by atoms with van der Waals surface area (Å²) in [4.78, 5) is 0. The number of phenols is 2. The van der Waals surface area contributed by atoms with Gasteiger partial charge in [0.25, 0.3) is 0 Å². The molecule has 4 N–H and O–H groups in total. The highest BCUT2D eigenvalue weighted by molar-refractivity contribution is 7.99. The van der Waals surface area contributed by atoms with E-state index in [4.69, 9.17) is 0 Å². The van der Waals surface area contributed by atoms with Gasteiger partial charge in [0.15, 0.2) is 0 Å². The van der Waals surface area contributed by atoms with Crippen molar-refractivity contribution in [3.8, 4) is 11.5 Å². The number of rotatable bonds is 28. The van der Waals surface area contributed by atoms with Crippen LogP contribution in [0.1, 0.15) is 241 Å². The number of unbranched alkanes of at least 4 members (excludes halogenated alkanes) is 14. The van der Waals surface area contributed by atoms with Gasteiger partial charge in [-0.05, 0) is 232 Å². The molecule has 0 radical (unpaired) electrons. The minimum absolute atomic E-state index is 0.0561. The summed E-state index contributed by atoms with van der Waals surface area (Å²) in [5, 5.41) is 42.0. The van der Waals surface area contributed by atoms with Crippen molar-refractivity contribution in [3.05, 3.63) is 58.7 Å². The largest absolute Gasteiger partial charge is 0.508 e. The van der Waals surface area contributed by atoms with E-state index in [0.717, 1.165) is 95.0 Å². The van der Waals surface area contributed by atoms with Gasteiger partial charge < -0.3 is 20.4 Å². The van der Waals surface area contributed by atoms with Gasteiger partial charge in [0.1, 0.15) is 11.5 Å². The second-order valence-corrected chi connectivity index (χ2v) is 28.6. The van der Waals surface area contributed by atoms with Crippen molar-refractivity contribution in [2.45, 2.75) is 256 Å². The third-order valence-corrected chi connectivity index (χ3v) is 23.2. The van der Waals surface area contributed by atoms with Crippen LogP contribution < -0.4 is 0 Å². The van der Waals surface area contributed by atoms with E-state index < -0.39 is 36.0 Å². The molecular weight excluding hydrogens is 1030 g/mol. The molecule has 0 spiro atoms. The molecule has 0 aliphatic heterocycles. The molecule has 2 aromatic rings. The molecule has 11 unspecified atom stereocenters. The van der Waals surface area contributed by atoms with Crippen molar-refractivity contribution in [1.29, 1.82) is 0 Å². The number of aliphatic hydroxyl groups excluding tert-OH is 2. The Hall–Kier alpha value is -1.96. The lowest BCUT2D eigenvalue weighted by molar-refractivity contribution is -0.136. The minimum Gasteiger partial charge on any atom is -0.508 e. The summed E-state index contributed by atoms with van der Waals surface area (Å²) in [6, 6.07) is 12.1. The molecule has 8 rings (SSSR count). The summed E-state index contributed by atoms with van der Waals surface area (Å²) in [6.07, 6.45) is 21.5. The van der Waals surface area contributed by atoms with E-state index in [1.165, 1.54) is 106 Å². The highest BCUT2D eigenvalue weighted by Gasteiger charge is 2.58. The maximum atomic E-state index is 12.2. The van der Waals surface area contributed by atoms with Crippen LogP contribution in [-0.4, -0.2) is 72.2 Å². The van der Waals surface area contributed by atoms with Crippen LogP contribution >= 0.6 is 11.8 Å². The van der Waals surface area contributed by atoms with Gasteiger partial charge in [-0.3, -0.25) is 4.21 Å². The van der Waals surface area contributed by atoms with E-state index >= 15 is 0 Å². The average Bonchev–Trinajstić information content (AvgIpc) is 3.86. The topological polar surface area (TPSA) is 98.0 Å². The molecule has 0 saturated heterocycles. The smallest absolute Gasteiger partial charge is 0.389 e. The molecule has 4 saturated carbocycles. The number of alkyl halides is 6. The van der Waals surface area contributed by atoms with Crippen molar-refractivity contribution in [1.82, 2.24) is 0 Å². The van der Waals surface area contributed by atoms with E-state index in [1.54, 1.807) is 11.8 Å². The van der Waals surface area contributed by atoms with Crippen LogP contribution in [0.25, 0.3) is 0 Å². The number of thioether (sulfide) groups is 1. The molecule has 0 amide bonds. The van der Waals surface area contributed by atoms with Crippen LogP contribution in [-0.2, 0) is 23.6 Å². The van der Waals surface area contributed by atoms with Crippen molar-refractivity contribution in [2.24, 2.45) is 46.3 Å². The molecule has 438 valence electrons. The number of hydrogen-bond acceptors (Lipinski definition) is 6. The Balaban J connectivity index is 0.000000224. The molecule has 77 heavy (non-hydrogen) atoms. The van der Waals surface area contributed by atoms with Crippen LogP contribution in [0.15, 0.2) is 36.4 Å². The monoisotopic (exact) mass is 1120 g/mol. The lowest BCUT2D eigenvalue weighted by atomic mass is 9.52. The van der Waals surface area contributed by atoms with Crippen molar-refractivity contribution in [3.63, 3.8) is 0 Å². The molecule has 13 heteroatoms. The minimum atomic E-state index is -4.10. The quantitative estimate of drug-likeness (QED) is 0.0501. The molecule has 6 aliphatic rings. The molecule has 0 aromatic heterocycles. The fourth-order valence-electron chi connectivity index (χ4n) is 16.4. The first-order chi connectivity index (χ1) is 36.8. The number of fused-ring (bicyclic) bond motifs is 10. The first kappa shape index (κ1) is 62.6. The summed E-state index contributed by atoms with van der Waals surface area (Å²) in [5.41, 5.74) is 5.74. The standard InChI is InChI=1S/C32H49F3O3S.C32H49F3O2S/c1-31-18-16-27-26-13-12-25(36)22-24(26)21-23(30(27)28(31)14-15-29(31)37)11-7-5-3-2-4-6-9-19-39(38)20-10-8-17-32(33,34)35;1-31-18-16-27-26-13-12-25(36)22-24(26)21-23(30(27)28(31)14-15-29(31)37)11-7-5-3-2-4-6-9-19-38-20-10-8-17-32(33,34)35/h12-13,22-23,27-30,36-37H,2-11,14-21H2,1H3;12-13,22-23,27-30,36-37H,2-11,14-21H2,1H3/t23-,27?,28?,29?,30?,31?,39?;23-,27?,28?,29?,30?,31?/m11/s1. The Morgan fingerprint density at radius 1 is 0.519 bits per heavy atom. The lowest BCUT2D eigenvalue weighted by Gasteiger charge is -2.53. The van der Waals surface area contributed by atoms with Gasteiger partial charge in [-0.1, -0.05) is 103 Å². The number of halogens is 6. The third-order valence-electron chi connectivity index (χ3n) is 20.6. The summed E-state index contributed by atoms with van der Waals surface area (Å²) < 4.78 is 85.0. The number of aliphatic hydroxyl groups is 2. The number of hydrogen-bond donors (Lipinski definition) is 4. The van der Waals surface area contributed by atoms with Gasteiger partial charge in [0.05, 0.1) is 12.2 Å². The number of benzene rings is 2. The number of phenolic OH excluding ortho intramolecular Hbond substituents is 2. The van der Waals surface area contributed by atoms with Crippen molar-refractivity contribution < 1.29 is 51.0 Å². The van der Waals surface area contributed by atoms with Gasteiger partial charge in [0, 0.05) is 35.1 Å². The summed E-state index contributed by atoms with van der Waals surface area (Å²) >= 11 is 1.80. The Labute approximate surface area is 466 Å². The third kappa shape index (κ3) is 17.5. The Morgan fingerprint density at radius 2 is 0.896 bits per heavy atom. The van der Waals surface area contributed by atoms with Gasteiger partial charge in [0.2, 0.25) is 0 Å². The summed E-state index contributed by atoms with van der Waals surface area (Å²) in [5.74, 6) is 8.58. The van der Waals surface area contributed by atoms with Crippen LogP contribution in [0.3, 0.4) is 0 Å². The van der Waals surface area contributed by atoms with E-state index in [0.29, 0.717) is 83.2 Å². The molecule has 13 atom stereocenters. The van der Waals surface area contributed by atoms with Crippen molar-refractivity contribution in [2.75, 3.05) is 23.0 Å². The molecular formula is C64H98F6O5S2. The van der Waals surface area contributed by atoms with E-state index in [2.05, 4.69) is 26.0 Å². The molecule has 4 fully saturated rings. The maximum Gasteiger partial charge on any atom is 0.389 e. The Morgan fingerprint density at radius 3 is 1.34 bits per heavy atom. The zero-order chi connectivity index (χ0) is 55.2. The predicted molar refractivity (Wildman–Crippen MR) is 304 cm³/mol. The first-order valence-corrected chi connectivity index (χ1v) is 33.5. The van der Waals surface area contributed by atoms with Gasteiger partial charge >= 0.3 is 12.4 Å². The van der Waals surface area contributed by atoms with Crippen LogP contribution in [0, 0.1) is 46.3 Å². The van der Waals surface area contributed by atoms with Crippen LogP contribution in [0.4, 0.5) is 26.3 Å². The molecule has 5 nitrogen and oxygen atoms in total. The average molecular weight is 1130 g/mol. The molecule has 0 bridgehead atoms. The molecule has 6 aliphatic carbocycles. The zero-order valence-corrected chi connectivity index (χ0v) is 48.6. The Bertz CT molecular complexity index is 2120. The van der Waals surface area contributed by atoms with Gasteiger partial charge in [-0.25, -0.2) is 0 Å². The first-order valence-electron chi connectivity index (χ1n) is 30.8. The van der Waals surface area contributed by atoms with Gasteiger partial charge in [-0.2, -0.15) is 38.1 Å². The van der Waals surface area contributed by atoms with E-state index in [1.807, 2.05) is 24.3 Å². The fourth-order valence-corrected chi connectivity index (χ4v) is 18.7. The number of aromatic hydroxyl groups is 2. The second kappa shape index (κ2) is 29.3. The predicted octanol–water partition coefficient (Wildman–Crippen LogP) is 17.9. The SMILES string of the molecule is CC12CCC3c4ccc(O)cc4C[C@@H](CCCCCCCCCS(=O)CCCCC(F)(F)F)C3C1CCC2O.CC12CCC3c4ccc(O)cc4C[C@@H](CCCCCCCCCSCCCCC(F)(F)F)C3C1CCC2O. The Kier molecular flexibility index (Phi) is 23.9. The fraction of sp³-hybridized carbons (Fsp3) is 0.812. The van der Waals surface area contributed by atoms with Crippen LogP contribution in [0.5, 0.6) is 11.5 Å². The normalized spacial score (nSPS) is 30.8. The summed E-state index contributed by atoms with van der Waals surface area (Å²) in [6.45, 7) is 4.68. The summed E-state index contributed by atoms with van der Waals surface area (Å²) in [7, 11) is -0.988. The molecule has 2 aromatic carbocycles. The lowest BCUT2D eigenvalue weighted by Crippen LogP contribution is -2.47. The van der Waals surface area contributed by atoms with E-state index in [-0.39, 0.29) is 35.9 Å². The van der Waals surface area contributed by atoms with Gasteiger partial charge in [-0.15, -0.1) is 0 Å². The second-order valence-electron chi connectivity index (χ2n) is 25.7. The highest BCUT2D eigenvalue weighted by atomic mass is 32.2.